The van der Waals surface area contributed by atoms with E-state index in [1.807, 2.05) is 0 Å². The molecule has 3 fully saturated rings. The number of allylic oxidation sites excluding steroid dienone is 2. The number of ketones is 1. The van der Waals surface area contributed by atoms with Gasteiger partial charge in [-0.1, -0.05) is 12.2 Å². The SMILES string of the molecule is C=C[C@@H]1C[C@]1(NC(=O)[C@@H]1C[C@@H](Oc2nccc3cc(OC)ccc23)CN1C(=O)[C@H](CC(=O)/C(C)=C/C)NC(=O)OC(C)(C)C)C(=O)NS(=O)(=O)C1CC1. The van der Waals surface area contributed by atoms with Crippen molar-refractivity contribution >= 4 is 50.4 Å². The lowest BCUT2D eigenvalue weighted by atomic mass is 10.0. The molecule has 1 aromatic heterocycles. The van der Waals surface area contributed by atoms with Gasteiger partial charge in [0.15, 0.2) is 5.78 Å². The first kappa shape index (κ1) is 39.2. The molecule has 53 heavy (non-hydrogen) atoms. The van der Waals surface area contributed by atoms with E-state index in [-0.39, 0.29) is 25.3 Å². The summed E-state index contributed by atoms with van der Waals surface area (Å²) in [6.07, 6.45) is 3.31. The molecule has 2 aliphatic carbocycles. The van der Waals surface area contributed by atoms with Crippen LogP contribution in [0.5, 0.6) is 11.6 Å². The number of Topliss-reactive ketones (excluding diaryl/α,β-unsaturated/α-hetero) is 1. The highest BCUT2D eigenvalue weighted by molar-refractivity contribution is 7.91. The molecule has 2 aromatic rings. The number of methoxy groups -OCH3 is 1. The molecule has 5 rings (SSSR count). The van der Waals surface area contributed by atoms with Crippen molar-refractivity contribution in [3.8, 4) is 11.6 Å². The molecule has 1 saturated heterocycles. The van der Waals surface area contributed by atoms with Crippen LogP contribution in [0.1, 0.15) is 66.7 Å². The molecule has 15 nitrogen and oxygen atoms in total. The molecule has 3 N–H and O–H groups in total. The van der Waals surface area contributed by atoms with Gasteiger partial charge in [0, 0.05) is 30.3 Å². The lowest BCUT2D eigenvalue weighted by Gasteiger charge is -2.30. The topological polar surface area (TPSA) is 199 Å². The summed E-state index contributed by atoms with van der Waals surface area (Å²) >= 11 is 0. The molecule has 0 radical (unpaired) electrons. The number of likely N-dealkylation sites (tertiary alicyclic amines) is 1. The fourth-order valence-electron chi connectivity index (χ4n) is 6.26. The summed E-state index contributed by atoms with van der Waals surface area (Å²) in [5, 5.41) is 5.99. The predicted molar refractivity (Wildman–Crippen MR) is 194 cm³/mol. The largest absolute Gasteiger partial charge is 0.497 e. The average molecular weight is 754 g/mol. The zero-order valence-corrected chi connectivity index (χ0v) is 31.6. The first-order valence-electron chi connectivity index (χ1n) is 17.5. The number of sulfonamides is 1. The Kier molecular flexibility index (Phi) is 11.2. The number of carbonyl (C=O) groups is 5. The van der Waals surface area contributed by atoms with Crippen LogP contribution in [0, 0.1) is 5.92 Å². The van der Waals surface area contributed by atoms with Gasteiger partial charge in [-0.3, -0.25) is 23.9 Å². The molecule has 1 aliphatic heterocycles. The molecule has 1 aromatic carbocycles. The van der Waals surface area contributed by atoms with Crippen molar-refractivity contribution in [3.63, 3.8) is 0 Å². The Morgan fingerprint density at radius 3 is 2.47 bits per heavy atom. The zero-order chi connectivity index (χ0) is 38.9. The zero-order valence-electron chi connectivity index (χ0n) is 30.8. The monoisotopic (exact) mass is 753 g/mol. The number of nitrogens with zero attached hydrogens (tertiary/aromatic N) is 2. The number of carbonyl (C=O) groups excluding carboxylic acids is 5. The summed E-state index contributed by atoms with van der Waals surface area (Å²) in [5.41, 5.74) is -2.17. The molecule has 3 aliphatic rings. The van der Waals surface area contributed by atoms with Crippen molar-refractivity contribution in [1.29, 1.82) is 0 Å². The number of alkyl carbamates (subject to hydrolysis) is 1. The maximum absolute atomic E-state index is 14.4. The molecular weight excluding hydrogens is 706 g/mol. The van der Waals surface area contributed by atoms with Crippen molar-refractivity contribution in [2.24, 2.45) is 5.92 Å². The second-order valence-corrected chi connectivity index (χ2v) is 16.6. The Bertz CT molecular complexity index is 1950. The molecule has 0 spiro atoms. The highest BCUT2D eigenvalue weighted by Gasteiger charge is 2.62. The number of benzene rings is 1. The summed E-state index contributed by atoms with van der Waals surface area (Å²) in [4.78, 5) is 73.8. The molecule has 16 heteroatoms. The summed E-state index contributed by atoms with van der Waals surface area (Å²) in [7, 11) is -2.39. The van der Waals surface area contributed by atoms with Gasteiger partial charge in [0.25, 0.3) is 5.91 Å². The van der Waals surface area contributed by atoms with Gasteiger partial charge >= 0.3 is 6.09 Å². The summed E-state index contributed by atoms with van der Waals surface area (Å²) in [5.74, 6) is -2.53. The van der Waals surface area contributed by atoms with E-state index in [0.717, 1.165) is 5.39 Å². The Hall–Kier alpha value is -4.99. The van der Waals surface area contributed by atoms with Gasteiger partial charge in [-0.15, -0.1) is 6.58 Å². The van der Waals surface area contributed by atoms with E-state index in [4.69, 9.17) is 14.2 Å². The van der Waals surface area contributed by atoms with Crippen molar-refractivity contribution in [2.45, 2.75) is 101 Å². The van der Waals surface area contributed by atoms with Crippen LogP contribution in [-0.4, -0.2) is 96.1 Å². The van der Waals surface area contributed by atoms with Gasteiger partial charge in [-0.05, 0) is 89.1 Å². The lowest BCUT2D eigenvalue weighted by Crippen LogP contribution is -2.58. The number of nitrogens with one attached hydrogen (secondary N) is 3. The van der Waals surface area contributed by atoms with E-state index in [0.29, 0.717) is 29.6 Å². The second-order valence-electron chi connectivity index (χ2n) is 14.7. The van der Waals surface area contributed by atoms with E-state index in [1.165, 1.54) is 11.0 Å². The summed E-state index contributed by atoms with van der Waals surface area (Å²) < 4.78 is 44.5. The first-order valence-corrected chi connectivity index (χ1v) is 19.0. The third-order valence-corrected chi connectivity index (χ3v) is 11.4. The lowest BCUT2D eigenvalue weighted by molar-refractivity contribution is -0.141. The number of amides is 4. The van der Waals surface area contributed by atoms with Crippen LogP contribution in [0.4, 0.5) is 4.79 Å². The molecular formula is C37H47N5O10S. The van der Waals surface area contributed by atoms with Crippen LogP contribution in [0.25, 0.3) is 10.8 Å². The number of hydrogen-bond donors (Lipinski definition) is 3. The van der Waals surface area contributed by atoms with Crippen molar-refractivity contribution in [2.75, 3.05) is 13.7 Å². The maximum Gasteiger partial charge on any atom is 0.408 e. The quantitative estimate of drug-likeness (QED) is 0.189. The average Bonchev–Trinajstić information content (AvgIpc) is 4.03. The number of fused-ring (bicyclic) bond motifs is 1. The van der Waals surface area contributed by atoms with E-state index >= 15 is 0 Å². The van der Waals surface area contributed by atoms with Gasteiger partial charge in [0.1, 0.15) is 35.1 Å². The minimum atomic E-state index is -3.94. The molecule has 4 amide bonds. The first-order chi connectivity index (χ1) is 24.9. The van der Waals surface area contributed by atoms with Crippen LogP contribution in [0.2, 0.25) is 0 Å². The summed E-state index contributed by atoms with van der Waals surface area (Å²) in [6.45, 7) is 11.8. The van der Waals surface area contributed by atoms with Crippen molar-refractivity contribution in [1.82, 2.24) is 25.2 Å². The highest BCUT2D eigenvalue weighted by atomic mass is 32.2. The van der Waals surface area contributed by atoms with Gasteiger partial charge in [0.05, 0.1) is 18.9 Å². The fraction of sp³-hybridized carbons (Fsp3) is 0.514. The van der Waals surface area contributed by atoms with Gasteiger partial charge in [-0.25, -0.2) is 18.2 Å². The van der Waals surface area contributed by atoms with Crippen LogP contribution in [0.15, 0.2) is 54.8 Å². The fourth-order valence-corrected chi connectivity index (χ4v) is 7.62. The van der Waals surface area contributed by atoms with Crippen LogP contribution in [0.3, 0.4) is 0 Å². The van der Waals surface area contributed by atoms with Crippen molar-refractivity contribution < 1.29 is 46.6 Å². The third kappa shape index (κ3) is 8.98. The number of hydrogen-bond acceptors (Lipinski definition) is 11. The third-order valence-electron chi connectivity index (χ3n) is 9.56. The predicted octanol–water partition coefficient (Wildman–Crippen LogP) is 3.08. The van der Waals surface area contributed by atoms with E-state index in [9.17, 15) is 32.4 Å². The minimum absolute atomic E-state index is 0.0659. The van der Waals surface area contributed by atoms with Gasteiger partial charge in [0.2, 0.25) is 27.7 Å². The normalized spacial score (nSPS) is 23.4. The number of rotatable bonds is 14. The van der Waals surface area contributed by atoms with Gasteiger partial charge in [-0.2, -0.15) is 0 Å². The molecule has 5 atom stereocenters. The number of pyridine rings is 1. The Morgan fingerprint density at radius 1 is 1.15 bits per heavy atom. The van der Waals surface area contributed by atoms with Gasteiger partial charge < -0.3 is 29.7 Å². The van der Waals surface area contributed by atoms with Crippen LogP contribution < -0.4 is 24.8 Å². The molecule has 0 bridgehead atoms. The second kappa shape index (κ2) is 15.2. The maximum atomic E-state index is 14.4. The van der Waals surface area contributed by atoms with E-state index < -0.39 is 86.5 Å². The minimum Gasteiger partial charge on any atom is -0.497 e. The Labute approximate surface area is 308 Å². The number of aromatic nitrogens is 1. The molecule has 0 unspecified atom stereocenters. The highest BCUT2D eigenvalue weighted by Crippen LogP contribution is 2.45. The summed E-state index contributed by atoms with van der Waals surface area (Å²) in [6, 6.07) is 4.40. The molecule has 2 heterocycles. The smallest absolute Gasteiger partial charge is 0.408 e. The van der Waals surface area contributed by atoms with E-state index in [2.05, 4.69) is 26.9 Å². The van der Waals surface area contributed by atoms with Crippen molar-refractivity contribution in [3.05, 3.63) is 54.8 Å². The van der Waals surface area contributed by atoms with E-state index in [1.54, 1.807) is 78.3 Å². The molecule has 286 valence electrons. The number of ether oxygens (including phenoxy) is 3. The molecule has 2 saturated carbocycles. The van der Waals surface area contributed by atoms with Crippen LogP contribution >= 0.6 is 0 Å². The Morgan fingerprint density at radius 2 is 1.87 bits per heavy atom. The standard InChI is InChI=1S/C37H47N5O10S/c1-8-21(3)30(43)18-28(39-35(47)52-36(4,5)6)33(45)42-20-25(51-32-27-13-10-24(50-7)16-22(27)14-15-38-32)17-29(42)31(44)40-37(19-23(37)9-2)34(46)41-53(48,49)26-11-12-26/h8-10,13-16,23,25-26,28-29H,2,11-12,17-20H2,1,3-7H3,(H,39,47)(H,40,44)(H,41,46)/b21-8+/t23-,25-,28+,29+,37-/m1/s1. The van der Waals surface area contributed by atoms with Crippen LogP contribution in [-0.2, 0) is 33.9 Å². The Balaban J connectivity index is 1.46.